The first-order chi connectivity index (χ1) is 6.11. The first kappa shape index (κ1) is 10.6. The highest BCUT2D eigenvalue weighted by Crippen LogP contribution is 2.20. The Labute approximate surface area is 88.1 Å². The van der Waals surface area contributed by atoms with Crippen LogP contribution in [0.15, 0.2) is 23.8 Å². The smallest absolute Gasteiger partial charge is 0.0426 e. The van der Waals surface area contributed by atoms with Crippen molar-refractivity contribution in [1.82, 2.24) is 0 Å². The number of halogens is 2. The summed E-state index contributed by atoms with van der Waals surface area (Å²) in [6.45, 7) is 2.51. The maximum atomic E-state index is 5.83. The van der Waals surface area contributed by atoms with Crippen LogP contribution in [0.3, 0.4) is 0 Å². The molecular weight excluding hydrogens is 205 g/mol. The van der Waals surface area contributed by atoms with Crippen molar-refractivity contribution < 1.29 is 0 Å². The minimum absolute atomic E-state index is 0.546. The summed E-state index contributed by atoms with van der Waals surface area (Å²) in [5.74, 6) is 0. The van der Waals surface area contributed by atoms with Crippen molar-refractivity contribution in [1.29, 1.82) is 0 Å². The zero-order valence-corrected chi connectivity index (χ0v) is 8.86. The fraction of sp³-hybridized carbons (Fsp3) is 0.200. The molecule has 0 aromatic heterocycles. The van der Waals surface area contributed by atoms with Crippen molar-refractivity contribution in [3.63, 3.8) is 0 Å². The summed E-state index contributed by atoms with van der Waals surface area (Å²) in [5.41, 5.74) is 7.54. The molecule has 0 atom stereocenters. The van der Waals surface area contributed by atoms with Crippen molar-refractivity contribution in [2.75, 3.05) is 6.54 Å². The lowest BCUT2D eigenvalue weighted by Gasteiger charge is -1.99. The third kappa shape index (κ3) is 3.39. The average Bonchev–Trinajstić information content (AvgIpc) is 2.02. The lowest BCUT2D eigenvalue weighted by atomic mass is 10.1. The van der Waals surface area contributed by atoms with E-state index < -0.39 is 0 Å². The van der Waals surface area contributed by atoms with Crippen LogP contribution < -0.4 is 5.73 Å². The van der Waals surface area contributed by atoms with Gasteiger partial charge >= 0.3 is 0 Å². The molecule has 1 rings (SSSR count). The standard InChI is InChI=1S/C10H11Cl2N/c1-7(6-13)2-8-3-9(11)5-10(12)4-8/h2-5H,6,13H2,1H3. The Kier molecular flexibility index (Phi) is 3.79. The normalized spacial score (nSPS) is 11.8. The minimum atomic E-state index is 0.546. The molecule has 0 aliphatic carbocycles. The molecule has 2 N–H and O–H groups in total. The van der Waals surface area contributed by atoms with E-state index in [0.717, 1.165) is 11.1 Å². The molecule has 0 aliphatic heterocycles. The molecule has 0 unspecified atom stereocenters. The lowest BCUT2D eigenvalue weighted by Crippen LogP contribution is -1.99. The number of hydrogen-bond donors (Lipinski definition) is 1. The molecule has 13 heavy (non-hydrogen) atoms. The highest BCUT2D eigenvalue weighted by atomic mass is 35.5. The lowest BCUT2D eigenvalue weighted by molar-refractivity contribution is 1.15. The predicted molar refractivity (Wildman–Crippen MR) is 59.2 cm³/mol. The van der Waals surface area contributed by atoms with E-state index in [0.29, 0.717) is 16.6 Å². The van der Waals surface area contributed by atoms with Gasteiger partial charge in [0, 0.05) is 16.6 Å². The van der Waals surface area contributed by atoms with Crippen LogP contribution >= 0.6 is 23.2 Å². The van der Waals surface area contributed by atoms with Crippen LogP contribution in [0.4, 0.5) is 0 Å². The summed E-state index contributed by atoms with van der Waals surface area (Å²) >= 11 is 11.7. The molecule has 1 nitrogen and oxygen atoms in total. The molecule has 0 saturated heterocycles. The number of nitrogens with two attached hydrogens (primary N) is 1. The van der Waals surface area contributed by atoms with Gasteiger partial charge in [-0.25, -0.2) is 0 Å². The SMILES string of the molecule is CC(=Cc1cc(Cl)cc(Cl)c1)CN. The van der Waals surface area contributed by atoms with Crippen LogP contribution in [0, 0.1) is 0 Å². The van der Waals surface area contributed by atoms with Gasteiger partial charge in [-0.1, -0.05) is 34.9 Å². The summed E-state index contributed by atoms with van der Waals surface area (Å²) < 4.78 is 0. The van der Waals surface area contributed by atoms with Crippen molar-refractivity contribution in [3.8, 4) is 0 Å². The van der Waals surface area contributed by atoms with Crippen molar-refractivity contribution >= 4 is 29.3 Å². The molecule has 3 heteroatoms. The molecule has 1 aromatic carbocycles. The molecule has 1 aromatic rings. The molecule has 0 spiro atoms. The monoisotopic (exact) mass is 215 g/mol. The third-order valence-electron chi connectivity index (χ3n) is 1.62. The van der Waals surface area contributed by atoms with E-state index in [4.69, 9.17) is 28.9 Å². The molecule has 0 fully saturated rings. The van der Waals surface area contributed by atoms with Crippen LogP contribution in [0.1, 0.15) is 12.5 Å². The van der Waals surface area contributed by atoms with Crippen LogP contribution in [-0.2, 0) is 0 Å². The van der Waals surface area contributed by atoms with Gasteiger partial charge in [0.05, 0.1) is 0 Å². The second-order valence-electron chi connectivity index (χ2n) is 2.90. The zero-order chi connectivity index (χ0) is 9.84. The highest BCUT2D eigenvalue weighted by Gasteiger charge is 1.95. The number of hydrogen-bond acceptors (Lipinski definition) is 1. The Bertz CT molecular complexity index is 311. The third-order valence-corrected chi connectivity index (χ3v) is 2.06. The topological polar surface area (TPSA) is 26.0 Å². The zero-order valence-electron chi connectivity index (χ0n) is 7.35. The van der Waals surface area contributed by atoms with E-state index >= 15 is 0 Å². The van der Waals surface area contributed by atoms with Crippen molar-refractivity contribution in [2.45, 2.75) is 6.92 Å². The Morgan fingerprint density at radius 3 is 2.31 bits per heavy atom. The minimum Gasteiger partial charge on any atom is -0.327 e. The maximum Gasteiger partial charge on any atom is 0.0426 e. The number of benzene rings is 1. The van der Waals surface area contributed by atoms with Crippen molar-refractivity contribution in [3.05, 3.63) is 39.4 Å². The van der Waals surface area contributed by atoms with Gasteiger partial charge in [0.1, 0.15) is 0 Å². The average molecular weight is 216 g/mol. The molecule has 0 bridgehead atoms. The summed E-state index contributed by atoms with van der Waals surface area (Å²) in [7, 11) is 0. The first-order valence-corrected chi connectivity index (χ1v) is 4.71. The van der Waals surface area contributed by atoms with E-state index in [1.165, 1.54) is 0 Å². The largest absolute Gasteiger partial charge is 0.327 e. The summed E-state index contributed by atoms with van der Waals surface area (Å²) in [6, 6.07) is 5.41. The Morgan fingerprint density at radius 1 is 1.31 bits per heavy atom. The second-order valence-corrected chi connectivity index (χ2v) is 3.77. The summed E-state index contributed by atoms with van der Waals surface area (Å²) in [5, 5.41) is 1.28. The van der Waals surface area contributed by atoms with Gasteiger partial charge in [0.15, 0.2) is 0 Å². The van der Waals surface area contributed by atoms with Gasteiger partial charge in [0.25, 0.3) is 0 Å². The summed E-state index contributed by atoms with van der Waals surface area (Å²) in [4.78, 5) is 0. The second kappa shape index (κ2) is 4.66. The van der Waals surface area contributed by atoms with Gasteiger partial charge in [-0.05, 0) is 30.7 Å². The first-order valence-electron chi connectivity index (χ1n) is 3.95. The molecule has 0 heterocycles. The van der Waals surface area contributed by atoms with E-state index in [-0.39, 0.29) is 0 Å². The molecule has 0 aliphatic rings. The van der Waals surface area contributed by atoms with Crippen LogP contribution in [0.5, 0.6) is 0 Å². The predicted octanol–water partition coefficient (Wildman–Crippen LogP) is 3.36. The van der Waals surface area contributed by atoms with Crippen LogP contribution in [-0.4, -0.2) is 6.54 Å². The highest BCUT2D eigenvalue weighted by molar-refractivity contribution is 6.34. The molecule has 0 saturated carbocycles. The van der Waals surface area contributed by atoms with E-state index in [2.05, 4.69) is 0 Å². The summed E-state index contributed by atoms with van der Waals surface area (Å²) in [6.07, 6.45) is 1.97. The molecule has 0 radical (unpaired) electrons. The van der Waals surface area contributed by atoms with Crippen LogP contribution in [0.2, 0.25) is 10.0 Å². The Hall–Kier alpha value is -0.500. The fourth-order valence-corrected chi connectivity index (χ4v) is 1.54. The van der Waals surface area contributed by atoms with Crippen LogP contribution in [0.25, 0.3) is 6.08 Å². The Morgan fingerprint density at radius 2 is 1.85 bits per heavy atom. The van der Waals surface area contributed by atoms with Gasteiger partial charge in [0.2, 0.25) is 0 Å². The van der Waals surface area contributed by atoms with E-state index in [1.54, 1.807) is 6.07 Å². The van der Waals surface area contributed by atoms with E-state index in [9.17, 15) is 0 Å². The fourth-order valence-electron chi connectivity index (χ4n) is 1.00. The van der Waals surface area contributed by atoms with Gasteiger partial charge in [-0.2, -0.15) is 0 Å². The number of rotatable bonds is 2. The molecule has 70 valence electrons. The maximum absolute atomic E-state index is 5.83. The van der Waals surface area contributed by atoms with Gasteiger partial charge in [-0.3, -0.25) is 0 Å². The molecular formula is C10H11Cl2N. The van der Waals surface area contributed by atoms with Gasteiger partial charge in [-0.15, -0.1) is 0 Å². The van der Waals surface area contributed by atoms with Gasteiger partial charge < -0.3 is 5.73 Å². The quantitative estimate of drug-likeness (QED) is 0.805. The molecule has 0 amide bonds. The Balaban J connectivity index is 3.02. The van der Waals surface area contributed by atoms with Crippen molar-refractivity contribution in [2.24, 2.45) is 5.73 Å². The van der Waals surface area contributed by atoms with E-state index in [1.807, 2.05) is 25.1 Å².